The first kappa shape index (κ1) is 14.5. The molecule has 0 aliphatic carbocycles. The molecule has 1 aromatic carbocycles. The fourth-order valence-corrected chi connectivity index (χ4v) is 1.80. The van der Waals surface area contributed by atoms with Crippen molar-refractivity contribution in [3.05, 3.63) is 36.7 Å². The van der Waals surface area contributed by atoms with Gasteiger partial charge in [-0.2, -0.15) is 4.98 Å². The summed E-state index contributed by atoms with van der Waals surface area (Å²) in [5.41, 5.74) is 0.973. The largest absolute Gasteiger partial charge is 0.458 e. The van der Waals surface area contributed by atoms with Crippen molar-refractivity contribution in [3.63, 3.8) is 0 Å². The van der Waals surface area contributed by atoms with Crippen LogP contribution in [0.2, 0.25) is 0 Å². The van der Waals surface area contributed by atoms with E-state index in [0.717, 1.165) is 18.8 Å². The van der Waals surface area contributed by atoms with Crippen molar-refractivity contribution in [2.75, 3.05) is 13.1 Å². The lowest BCUT2D eigenvalue weighted by atomic mass is 10.2. The van der Waals surface area contributed by atoms with E-state index in [4.69, 9.17) is 4.74 Å². The highest BCUT2D eigenvalue weighted by Gasteiger charge is 2.08. The van der Waals surface area contributed by atoms with Crippen LogP contribution < -0.4 is 10.1 Å². The Morgan fingerprint density at radius 2 is 1.90 bits per heavy atom. The second kappa shape index (κ2) is 7.05. The maximum absolute atomic E-state index is 5.69. The second-order valence-corrected chi connectivity index (χ2v) is 5.29. The summed E-state index contributed by atoms with van der Waals surface area (Å²) >= 11 is 0. The number of benzene rings is 1. The molecular weight excluding hydrogens is 252 g/mol. The van der Waals surface area contributed by atoms with Gasteiger partial charge in [-0.05, 0) is 31.5 Å². The summed E-state index contributed by atoms with van der Waals surface area (Å²) in [6, 6.07) is 10.3. The number of ether oxygens (including phenoxy) is 1. The zero-order valence-corrected chi connectivity index (χ0v) is 12.3. The Bertz CT molecular complexity index is 510. The van der Waals surface area contributed by atoms with Crippen LogP contribution in [0.25, 0.3) is 5.69 Å². The third-order valence-corrected chi connectivity index (χ3v) is 2.78. The van der Waals surface area contributed by atoms with E-state index in [1.807, 2.05) is 37.3 Å². The van der Waals surface area contributed by atoms with Gasteiger partial charge in [-0.15, -0.1) is 5.10 Å². The Kier molecular flexibility index (Phi) is 5.12. The molecule has 1 heterocycles. The zero-order chi connectivity index (χ0) is 14.4. The van der Waals surface area contributed by atoms with Gasteiger partial charge in [0.25, 0.3) is 0 Å². The number of aromatic nitrogens is 3. The van der Waals surface area contributed by atoms with Gasteiger partial charge in [-0.25, -0.2) is 4.68 Å². The molecule has 0 saturated heterocycles. The maximum Gasteiger partial charge on any atom is 0.336 e. The maximum atomic E-state index is 5.69. The molecule has 1 atom stereocenters. The first-order chi connectivity index (χ1) is 9.65. The van der Waals surface area contributed by atoms with Crippen molar-refractivity contribution >= 4 is 0 Å². The summed E-state index contributed by atoms with van der Waals surface area (Å²) in [7, 11) is 0. The lowest BCUT2D eigenvalue weighted by Gasteiger charge is -2.13. The molecule has 2 aromatic rings. The molecule has 1 N–H and O–H groups in total. The van der Waals surface area contributed by atoms with Crippen LogP contribution in [0.3, 0.4) is 0 Å². The Morgan fingerprint density at radius 3 is 2.60 bits per heavy atom. The van der Waals surface area contributed by atoms with E-state index < -0.39 is 0 Å². The average Bonchev–Trinajstić information content (AvgIpc) is 2.88. The van der Waals surface area contributed by atoms with E-state index in [0.29, 0.717) is 11.9 Å². The number of nitrogens with zero attached hydrogens (tertiary/aromatic N) is 3. The summed E-state index contributed by atoms with van der Waals surface area (Å²) in [5, 5.41) is 7.68. The van der Waals surface area contributed by atoms with Crippen LogP contribution in [-0.2, 0) is 0 Å². The summed E-state index contributed by atoms with van der Waals surface area (Å²) in [4.78, 5) is 4.18. The molecule has 1 aromatic heterocycles. The van der Waals surface area contributed by atoms with Crippen LogP contribution in [0.4, 0.5) is 0 Å². The van der Waals surface area contributed by atoms with Gasteiger partial charge >= 0.3 is 6.01 Å². The second-order valence-electron chi connectivity index (χ2n) is 5.29. The van der Waals surface area contributed by atoms with Crippen molar-refractivity contribution in [1.29, 1.82) is 0 Å². The van der Waals surface area contributed by atoms with Crippen molar-refractivity contribution < 1.29 is 4.74 Å². The Morgan fingerprint density at radius 1 is 1.15 bits per heavy atom. The molecular formula is C15H22N4O. The summed E-state index contributed by atoms with van der Waals surface area (Å²) in [6.45, 7) is 8.15. The van der Waals surface area contributed by atoms with E-state index in [1.54, 1.807) is 11.0 Å². The minimum absolute atomic E-state index is 0.0420. The van der Waals surface area contributed by atoms with Gasteiger partial charge in [-0.1, -0.05) is 32.0 Å². The molecule has 0 bridgehead atoms. The average molecular weight is 274 g/mol. The molecule has 1 unspecified atom stereocenters. The van der Waals surface area contributed by atoms with Crippen molar-refractivity contribution in [2.24, 2.45) is 5.92 Å². The zero-order valence-electron chi connectivity index (χ0n) is 12.3. The standard InChI is InChI=1S/C15H22N4O/c1-12(2)9-16-10-13(3)20-15-17-11-19(18-15)14-7-5-4-6-8-14/h4-8,11-13,16H,9-10H2,1-3H3. The molecule has 20 heavy (non-hydrogen) atoms. The Labute approximate surface area is 120 Å². The Balaban J connectivity index is 1.86. The molecule has 0 amide bonds. The summed E-state index contributed by atoms with van der Waals surface area (Å²) in [5.74, 6) is 0.637. The molecule has 2 rings (SSSR count). The molecule has 0 aliphatic rings. The molecule has 5 heteroatoms. The van der Waals surface area contributed by atoms with Crippen molar-refractivity contribution in [2.45, 2.75) is 26.9 Å². The van der Waals surface area contributed by atoms with Crippen LogP contribution in [0.1, 0.15) is 20.8 Å². The number of para-hydroxylation sites is 1. The molecule has 5 nitrogen and oxygen atoms in total. The van der Waals surface area contributed by atoms with Gasteiger partial charge in [0.05, 0.1) is 5.69 Å². The third kappa shape index (κ3) is 4.35. The lowest BCUT2D eigenvalue weighted by Crippen LogP contribution is -2.31. The third-order valence-electron chi connectivity index (χ3n) is 2.78. The summed E-state index contributed by atoms with van der Waals surface area (Å²) < 4.78 is 7.40. The van der Waals surface area contributed by atoms with E-state index >= 15 is 0 Å². The molecule has 0 spiro atoms. The van der Waals surface area contributed by atoms with Gasteiger partial charge in [0.15, 0.2) is 0 Å². The van der Waals surface area contributed by atoms with Gasteiger partial charge in [0.1, 0.15) is 12.4 Å². The van der Waals surface area contributed by atoms with Gasteiger partial charge in [0.2, 0.25) is 0 Å². The van der Waals surface area contributed by atoms with Crippen LogP contribution in [0, 0.1) is 5.92 Å². The van der Waals surface area contributed by atoms with Gasteiger partial charge in [0, 0.05) is 6.54 Å². The predicted molar refractivity (Wildman–Crippen MR) is 79.2 cm³/mol. The fourth-order valence-electron chi connectivity index (χ4n) is 1.80. The normalized spacial score (nSPS) is 12.6. The quantitative estimate of drug-likeness (QED) is 0.841. The van der Waals surface area contributed by atoms with Crippen LogP contribution >= 0.6 is 0 Å². The fraction of sp³-hybridized carbons (Fsp3) is 0.467. The van der Waals surface area contributed by atoms with Crippen LogP contribution in [-0.4, -0.2) is 34.0 Å². The number of nitrogens with one attached hydrogen (secondary N) is 1. The van der Waals surface area contributed by atoms with E-state index in [-0.39, 0.29) is 6.10 Å². The molecule has 0 aliphatic heterocycles. The minimum Gasteiger partial charge on any atom is -0.458 e. The Hall–Kier alpha value is -1.88. The van der Waals surface area contributed by atoms with Crippen LogP contribution in [0.15, 0.2) is 36.7 Å². The van der Waals surface area contributed by atoms with E-state index in [2.05, 4.69) is 29.2 Å². The van der Waals surface area contributed by atoms with Gasteiger partial charge in [-0.3, -0.25) is 0 Å². The van der Waals surface area contributed by atoms with Crippen molar-refractivity contribution in [3.8, 4) is 11.7 Å². The molecule has 0 saturated carbocycles. The monoisotopic (exact) mass is 274 g/mol. The van der Waals surface area contributed by atoms with Crippen LogP contribution in [0.5, 0.6) is 6.01 Å². The predicted octanol–water partition coefficient (Wildman–Crippen LogP) is 2.28. The summed E-state index contributed by atoms with van der Waals surface area (Å²) in [6.07, 6.45) is 1.71. The SMILES string of the molecule is CC(C)CNCC(C)Oc1ncn(-c2ccccc2)n1. The molecule has 0 radical (unpaired) electrons. The highest BCUT2D eigenvalue weighted by atomic mass is 16.5. The molecule has 108 valence electrons. The number of hydrogen-bond acceptors (Lipinski definition) is 4. The molecule has 0 fully saturated rings. The van der Waals surface area contributed by atoms with E-state index in [1.165, 1.54) is 0 Å². The highest BCUT2D eigenvalue weighted by Crippen LogP contribution is 2.09. The lowest BCUT2D eigenvalue weighted by molar-refractivity contribution is 0.198. The van der Waals surface area contributed by atoms with Crippen molar-refractivity contribution in [1.82, 2.24) is 20.1 Å². The topological polar surface area (TPSA) is 52.0 Å². The first-order valence-electron chi connectivity index (χ1n) is 6.99. The van der Waals surface area contributed by atoms with E-state index in [9.17, 15) is 0 Å². The first-order valence-corrected chi connectivity index (χ1v) is 6.99. The highest BCUT2D eigenvalue weighted by molar-refractivity contribution is 5.29. The van der Waals surface area contributed by atoms with Gasteiger partial charge < -0.3 is 10.1 Å². The number of hydrogen-bond donors (Lipinski definition) is 1. The minimum atomic E-state index is 0.0420. The smallest absolute Gasteiger partial charge is 0.336 e. The number of rotatable bonds is 7.